The van der Waals surface area contributed by atoms with Crippen molar-refractivity contribution in [3.8, 4) is 44.8 Å². The topological polar surface area (TPSA) is 25.8 Å². The first-order valence-corrected chi connectivity index (χ1v) is 20.3. The second-order valence-corrected chi connectivity index (χ2v) is 15.6. The standard InChI is InChI=1S/C57H36N2/c1-35-42(36-14-3-2-4-15-36)31-29-38-26-27-39-30-33-51(59-57(39)52(35)38)55-46-22-9-7-20-44(46)53(45-21-8-10-23-47(45)55)40-17-13-18-41(34-40)56-49-32-28-37-16-5-6-19-43(37)54(49)48-24-11-12-25-50(48)58-56/h2-34H,1H3. The summed E-state index contributed by atoms with van der Waals surface area (Å²) >= 11 is 0. The van der Waals surface area contributed by atoms with Gasteiger partial charge in [-0.05, 0) is 90.6 Å². The van der Waals surface area contributed by atoms with E-state index in [9.17, 15) is 0 Å². The van der Waals surface area contributed by atoms with Crippen LogP contribution >= 0.6 is 0 Å². The molecule has 59 heavy (non-hydrogen) atoms. The van der Waals surface area contributed by atoms with E-state index < -0.39 is 0 Å². The van der Waals surface area contributed by atoms with Crippen molar-refractivity contribution in [2.75, 3.05) is 0 Å². The van der Waals surface area contributed by atoms with Gasteiger partial charge in [-0.3, -0.25) is 0 Å². The van der Waals surface area contributed by atoms with Crippen molar-refractivity contribution in [3.05, 3.63) is 206 Å². The smallest absolute Gasteiger partial charge is 0.0790 e. The number of aromatic nitrogens is 2. The Morgan fingerprint density at radius 1 is 0.339 bits per heavy atom. The van der Waals surface area contributed by atoms with Gasteiger partial charge in [0.15, 0.2) is 0 Å². The van der Waals surface area contributed by atoms with Gasteiger partial charge in [0.05, 0.1) is 22.4 Å². The summed E-state index contributed by atoms with van der Waals surface area (Å²) < 4.78 is 0. The minimum Gasteiger partial charge on any atom is -0.247 e. The van der Waals surface area contributed by atoms with Gasteiger partial charge in [-0.25, -0.2) is 9.97 Å². The van der Waals surface area contributed by atoms with Crippen LogP contribution in [0.4, 0.5) is 0 Å². The molecule has 0 aliphatic heterocycles. The fourth-order valence-electron chi connectivity index (χ4n) is 9.72. The number of rotatable bonds is 4. The van der Waals surface area contributed by atoms with E-state index in [1.54, 1.807) is 0 Å². The van der Waals surface area contributed by atoms with Gasteiger partial charge < -0.3 is 0 Å². The van der Waals surface area contributed by atoms with Crippen LogP contribution in [0, 0.1) is 6.92 Å². The molecular formula is C57H36N2. The monoisotopic (exact) mass is 748 g/mol. The van der Waals surface area contributed by atoms with Crippen molar-refractivity contribution in [2.24, 2.45) is 0 Å². The third-order valence-corrected chi connectivity index (χ3v) is 12.4. The zero-order valence-corrected chi connectivity index (χ0v) is 32.4. The molecule has 2 aromatic heterocycles. The molecule has 0 radical (unpaired) electrons. The summed E-state index contributed by atoms with van der Waals surface area (Å²) in [7, 11) is 0. The third kappa shape index (κ3) is 5.20. The molecule has 0 unspecified atom stereocenters. The quantitative estimate of drug-likeness (QED) is 0.132. The lowest BCUT2D eigenvalue weighted by molar-refractivity contribution is 1.42. The Balaban J connectivity index is 1.09. The van der Waals surface area contributed by atoms with Crippen molar-refractivity contribution < 1.29 is 0 Å². The van der Waals surface area contributed by atoms with E-state index in [1.807, 2.05) is 0 Å². The summed E-state index contributed by atoms with van der Waals surface area (Å²) in [4.78, 5) is 11.0. The van der Waals surface area contributed by atoms with E-state index >= 15 is 0 Å². The molecular weight excluding hydrogens is 713 g/mol. The third-order valence-electron chi connectivity index (χ3n) is 12.4. The first-order chi connectivity index (χ1) is 29.2. The summed E-state index contributed by atoms with van der Waals surface area (Å²) in [5, 5.41) is 14.4. The lowest BCUT2D eigenvalue weighted by Gasteiger charge is -2.19. The first-order valence-electron chi connectivity index (χ1n) is 20.3. The molecule has 0 aliphatic rings. The number of benzene rings is 10. The van der Waals surface area contributed by atoms with Gasteiger partial charge in [0, 0.05) is 38.1 Å². The average molecular weight is 749 g/mol. The molecule has 0 amide bonds. The van der Waals surface area contributed by atoms with Crippen LogP contribution < -0.4 is 0 Å². The van der Waals surface area contributed by atoms with E-state index in [1.165, 1.54) is 76.1 Å². The van der Waals surface area contributed by atoms with E-state index in [0.29, 0.717) is 0 Å². The van der Waals surface area contributed by atoms with Crippen LogP contribution in [0.25, 0.3) is 120 Å². The molecule has 0 fully saturated rings. The number of fused-ring (bicyclic) bond motifs is 10. The Labute approximate surface area is 341 Å². The Morgan fingerprint density at radius 3 is 1.69 bits per heavy atom. The Bertz CT molecular complexity index is 3600. The number of hydrogen-bond donors (Lipinski definition) is 0. The lowest BCUT2D eigenvalue weighted by atomic mass is 9.86. The largest absolute Gasteiger partial charge is 0.247 e. The summed E-state index contributed by atoms with van der Waals surface area (Å²) in [6.45, 7) is 2.24. The van der Waals surface area contributed by atoms with Gasteiger partial charge in [0.25, 0.3) is 0 Å². The molecule has 0 atom stereocenters. The summed E-state index contributed by atoms with van der Waals surface area (Å²) in [5.41, 5.74) is 12.3. The number of para-hydroxylation sites is 1. The van der Waals surface area contributed by atoms with Gasteiger partial charge in [0.2, 0.25) is 0 Å². The molecule has 0 saturated heterocycles. The van der Waals surface area contributed by atoms with Crippen molar-refractivity contribution in [1.29, 1.82) is 0 Å². The number of nitrogens with zero attached hydrogens (tertiary/aromatic N) is 2. The molecule has 0 N–H and O–H groups in total. The van der Waals surface area contributed by atoms with E-state index in [0.717, 1.165) is 49.9 Å². The zero-order valence-electron chi connectivity index (χ0n) is 32.4. The second-order valence-electron chi connectivity index (χ2n) is 15.6. The molecule has 0 spiro atoms. The van der Waals surface area contributed by atoms with Crippen LogP contribution in [0.5, 0.6) is 0 Å². The maximum absolute atomic E-state index is 5.59. The molecule has 2 nitrogen and oxygen atoms in total. The van der Waals surface area contributed by atoms with Gasteiger partial charge in [-0.1, -0.05) is 182 Å². The highest BCUT2D eigenvalue weighted by Crippen LogP contribution is 2.45. The summed E-state index contributed by atoms with van der Waals surface area (Å²) in [5.74, 6) is 0. The van der Waals surface area contributed by atoms with Crippen molar-refractivity contribution >= 4 is 75.7 Å². The summed E-state index contributed by atoms with van der Waals surface area (Å²) in [6.07, 6.45) is 0. The number of pyridine rings is 2. The van der Waals surface area contributed by atoms with Crippen LogP contribution in [0.1, 0.15) is 5.56 Å². The lowest BCUT2D eigenvalue weighted by Crippen LogP contribution is -1.95. The minimum atomic E-state index is 0.973. The fraction of sp³-hybridized carbons (Fsp3) is 0.0175. The molecule has 10 aromatic carbocycles. The highest BCUT2D eigenvalue weighted by atomic mass is 14.7. The predicted molar refractivity (Wildman–Crippen MR) is 251 cm³/mol. The molecule has 0 aliphatic carbocycles. The van der Waals surface area contributed by atoms with Crippen molar-refractivity contribution in [2.45, 2.75) is 6.92 Å². The minimum absolute atomic E-state index is 0.973. The number of aryl methyl sites for hydroxylation is 1. The molecule has 12 aromatic rings. The van der Waals surface area contributed by atoms with Crippen LogP contribution in [-0.2, 0) is 0 Å². The zero-order chi connectivity index (χ0) is 39.0. The second kappa shape index (κ2) is 13.2. The SMILES string of the molecule is Cc1c(-c2ccccc2)ccc2ccc3ccc(-c4c5ccccc5c(-c5cccc(-c6nc7ccccc7c7c6ccc6ccccc67)c5)c5ccccc45)nc3c12. The Morgan fingerprint density at radius 2 is 0.915 bits per heavy atom. The summed E-state index contributed by atoms with van der Waals surface area (Å²) in [6, 6.07) is 72.5. The molecule has 12 rings (SSSR count). The Hall–Kier alpha value is -7.68. The highest BCUT2D eigenvalue weighted by Gasteiger charge is 2.20. The first kappa shape index (κ1) is 33.5. The highest BCUT2D eigenvalue weighted by molar-refractivity contribution is 6.24. The normalized spacial score (nSPS) is 11.8. The van der Waals surface area contributed by atoms with Crippen LogP contribution in [0.2, 0.25) is 0 Å². The van der Waals surface area contributed by atoms with Gasteiger partial charge >= 0.3 is 0 Å². The number of hydrogen-bond acceptors (Lipinski definition) is 2. The van der Waals surface area contributed by atoms with Gasteiger partial charge in [-0.15, -0.1) is 0 Å². The maximum Gasteiger partial charge on any atom is 0.0790 e. The van der Waals surface area contributed by atoms with Gasteiger partial charge in [-0.2, -0.15) is 0 Å². The van der Waals surface area contributed by atoms with Crippen LogP contribution in [0.15, 0.2) is 200 Å². The molecule has 2 heteroatoms. The average Bonchev–Trinajstić information content (AvgIpc) is 3.30. The fourth-order valence-corrected chi connectivity index (χ4v) is 9.72. The van der Waals surface area contributed by atoms with Crippen LogP contribution in [-0.4, -0.2) is 9.97 Å². The molecule has 274 valence electrons. The van der Waals surface area contributed by atoms with Crippen molar-refractivity contribution in [1.82, 2.24) is 9.97 Å². The Kier molecular flexibility index (Phi) is 7.48. The van der Waals surface area contributed by atoms with E-state index in [4.69, 9.17) is 9.97 Å². The van der Waals surface area contributed by atoms with Gasteiger partial charge in [0.1, 0.15) is 0 Å². The van der Waals surface area contributed by atoms with E-state index in [2.05, 4.69) is 207 Å². The maximum atomic E-state index is 5.59. The predicted octanol–water partition coefficient (Wildman–Crippen LogP) is 15.5. The molecule has 0 bridgehead atoms. The molecule has 2 heterocycles. The van der Waals surface area contributed by atoms with Crippen LogP contribution in [0.3, 0.4) is 0 Å². The molecule has 0 saturated carbocycles. The van der Waals surface area contributed by atoms with E-state index in [-0.39, 0.29) is 0 Å². The van der Waals surface area contributed by atoms with Crippen molar-refractivity contribution in [3.63, 3.8) is 0 Å².